The Bertz CT molecular complexity index is 730. The summed E-state index contributed by atoms with van der Waals surface area (Å²) in [5.74, 6) is -0.835. The summed E-state index contributed by atoms with van der Waals surface area (Å²) in [5.41, 5.74) is 1.46. The van der Waals surface area contributed by atoms with Gasteiger partial charge in [-0.1, -0.05) is 23.7 Å². The summed E-state index contributed by atoms with van der Waals surface area (Å²) >= 11 is 7.12. The fraction of sp³-hybridized carbons (Fsp3) is 0.312. The van der Waals surface area contributed by atoms with E-state index in [-0.39, 0.29) is 19.1 Å². The number of thiazole rings is 1. The van der Waals surface area contributed by atoms with Crippen molar-refractivity contribution in [2.75, 3.05) is 13.2 Å². The molecule has 1 atom stereocenters. The van der Waals surface area contributed by atoms with Crippen LogP contribution >= 0.6 is 22.9 Å². The molecule has 0 radical (unpaired) electrons. The molecule has 6 nitrogen and oxygen atoms in total. The minimum Gasteiger partial charge on any atom is -0.464 e. The number of halogens is 1. The van der Waals surface area contributed by atoms with Crippen molar-refractivity contribution < 1.29 is 19.4 Å². The molecule has 0 fully saturated rings. The minimum absolute atomic E-state index is 0.0839. The standard InChI is InChI=1S/C16H17ClN2O4S/c1-9-14(15(22)19-13(7-20)8-23-10(2)21)24-16(18-9)11-3-5-12(17)6-4-11/h3-6,13,20H,7-8H2,1-2H3,(H,19,22). The van der Waals surface area contributed by atoms with E-state index in [1.807, 2.05) is 12.1 Å². The lowest BCUT2D eigenvalue weighted by atomic mass is 10.2. The minimum atomic E-state index is -0.665. The quantitative estimate of drug-likeness (QED) is 0.764. The van der Waals surface area contributed by atoms with Gasteiger partial charge in [-0.2, -0.15) is 0 Å². The molecule has 1 aromatic carbocycles. The van der Waals surface area contributed by atoms with Crippen LogP contribution in [0.4, 0.5) is 0 Å². The number of nitrogens with zero attached hydrogens (tertiary/aromatic N) is 1. The smallest absolute Gasteiger partial charge is 0.302 e. The molecule has 128 valence electrons. The van der Waals surface area contributed by atoms with Crippen LogP contribution < -0.4 is 5.32 Å². The molecule has 2 N–H and O–H groups in total. The molecule has 0 bridgehead atoms. The predicted molar refractivity (Wildman–Crippen MR) is 92.3 cm³/mol. The Hall–Kier alpha value is -1.96. The van der Waals surface area contributed by atoms with Crippen LogP contribution in [0, 0.1) is 6.92 Å². The number of hydrogen-bond acceptors (Lipinski definition) is 6. The number of ether oxygens (including phenoxy) is 1. The highest BCUT2D eigenvalue weighted by molar-refractivity contribution is 7.17. The van der Waals surface area contributed by atoms with Gasteiger partial charge in [0.1, 0.15) is 16.5 Å². The second-order valence-electron chi connectivity index (χ2n) is 5.10. The molecule has 2 rings (SSSR count). The number of aryl methyl sites for hydroxylation is 1. The second kappa shape index (κ2) is 8.23. The van der Waals surface area contributed by atoms with Crippen LogP contribution in [0.15, 0.2) is 24.3 Å². The van der Waals surface area contributed by atoms with Crippen LogP contribution in [0.5, 0.6) is 0 Å². The molecule has 1 heterocycles. The number of benzene rings is 1. The highest BCUT2D eigenvalue weighted by Crippen LogP contribution is 2.28. The zero-order chi connectivity index (χ0) is 17.7. The van der Waals surface area contributed by atoms with Gasteiger partial charge in [-0.25, -0.2) is 4.98 Å². The lowest BCUT2D eigenvalue weighted by Crippen LogP contribution is -2.41. The first-order chi connectivity index (χ1) is 11.4. The third kappa shape index (κ3) is 4.77. The number of aliphatic hydroxyl groups is 1. The van der Waals surface area contributed by atoms with E-state index in [1.165, 1.54) is 18.3 Å². The fourth-order valence-corrected chi connectivity index (χ4v) is 3.03. The first-order valence-corrected chi connectivity index (χ1v) is 8.38. The third-order valence-corrected chi connectivity index (χ3v) is 4.59. The first kappa shape index (κ1) is 18.4. The molecular formula is C16H17ClN2O4S. The molecule has 1 unspecified atom stereocenters. The lowest BCUT2D eigenvalue weighted by Gasteiger charge is -2.15. The van der Waals surface area contributed by atoms with Gasteiger partial charge in [-0.3, -0.25) is 9.59 Å². The van der Waals surface area contributed by atoms with E-state index in [1.54, 1.807) is 19.1 Å². The Morgan fingerprint density at radius 2 is 2.04 bits per heavy atom. The van der Waals surface area contributed by atoms with Crippen molar-refractivity contribution in [1.29, 1.82) is 0 Å². The number of rotatable bonds is 6. The van der Waals surface area contributed by atoms with Gasteiger partial charge in [-0.05, 0) is 19.1 Å². The Balaban J connectivity index is 2.12. The number of amides is 1. The molecule has 0 saturated heterocycles. The maximum atomic E-state index is 12.4. The van der Waals surface area contributed by atoms with Gasteiger partial charge in [-0.15, -0.1) is 11.3 Å². The van der Waals surface area contributed by atoms with Crippen molar-refractivity contribution in [2.24, 2.45) is 0 Å². The number of aromatic nitrogens is 1. The molecule has 0 saturated carbocycles. The van der Waals surface area contributed by atoms with Crippen molar-refractivity contribution in [1.82, 2.24) is 10.3 Å². The summed E-state index contributed by atoms with van der Waals surface area (Å²) < 4.78 is 4.81. The maximum Gasteiger partial charge on any atom is 0.302 e. The zero-order valence-electron chi connectivity index (χ0n) is 13.2. The summed E-state index contributed by atoms with van der Waals surface area (Å²) in [7, 11) is 0. The molecule has 0 aliphatic heterocycles. The average Bonchev–Trinajstić information content (AvgIpc) is 2.93. The van der Waals surface area contributed by atoms with E-state index in [2.05, 4.69) is 10.3 Å². The van der Waals surface area contributed by atoms with Crippen LogP contribution in [-0.2, 0) is 9.53 Å². The Kier molecular flexibility index (Phi) is 6.30. The summed E-state index contributed by atoms with van der Waals surface area (Å²) in [6.07, 6.45) is 0. The molecule has 1 aromatic heterocycles. The van der Waals surface area contributed by atoms with Crippen molar-refractivity contribution in [3.05, 3.63) is 39.9 Å². The average molecular weight is 369 g/mol. The van der Waals surface area contributed by atoms with Gasteiger partial charge >= 0.3 is 5.97 Å². The topological polar surface area (TPSA) is 88.5 Å². The van der Waals surface area contributed by atoms with Crippen molar-refractivity contribution in [3.63, 3.8) is 0 Å². The van der Waals surface area contributed by atoms with E-state index in [0.717, 1.165) is 5.56 Å². The third-order valence-electron chi connectivity index (χ3n) is 3.14. The normalized spacial score (nSPS) is 11.8. The van der Waals surface area contributed by atoms with Gasteiger partial charge in [0.25, 0.3) is 5.91 Å². The molecule has 0 aliphatic carbocycles. The van der Waals surface area contributed by atoms with Crippen LogP contribution in [0.25, 0.3) is 10.6 Å². The molecule has 8 heteroatoms. The van der Waals surface area contributed by atoms with Gasteiger partial charge in [0.05, 0.1) is 18.3 Å². The van der Waals surface area contributed by atoms with Crippen LogP contribution in [0.3, 0.4) is 0 Å². The largest absolute Gasteiger partial charge is 0.464 e. The summed E-state index contributed by atoms with van der Waals surface area (Å²) in [6, 6.07) is 6.52. The zero-order valence-corrected chi connectivity index (χ0v) is 14.8. The van der Waals surface area contributed by atoms with E-state index in [4.69, 9.17) is 16.3 Å². The first-order valence-electron chi connectivity index (χ1n) is 7.19. The van der Waals surface area contributed by atoms with Crippen molar-refractivity contribution in [3.8, 4) is 10.6 Å². The molecule has 0 spiro atoms. The number of aliphatic hydroxyl groups excluding tert-OH is 1. The molecular weight excluding hydrogens is 352 g/mol. The Labute approximate surface area is 148 Å². The number of carbonyl (C=O) groups is 2. The molecule has 0 aliphatic rings. The van der Waals surface area contributed by atoms with Crippen LogP contribution in [0.2, 0.25) is 5.02 Å². The Morgan fingerprint density at radius 1 is 1.38 bits per heavy atom. The summed E-state index contributed by atoms with van der Waals surface area (Å²) in [5, 5.41) is 13.2. The molecule has 24 heavy (non-hydrogen) atoms. The second-order valence-corrected chi connectivity index (χ2v) is 6.53. The van der Waals surface area contributed by atoms with E-state index in [0.29, 0.717) is 20.6 Å². The highest BCUT2D eigenvalue weighted by atomic mass is 35.5. The predicted octanol–water partition coefficient (Wildman–Crippen LogP) is 2.43. The van der Waals surface area contributed by atoms with Gasteiger partial charge in [0.15, 0.2) is 0 Å². The van der Waals surface area contributed by atoms with Crippen LogP contribution in [-0.4, -0.2) is 41.2 Å². The molecule has 2 aromatic rings. The van der Waals surface area contributed by atoms with E-state index in [9.17, 15) is 14.7 Å². The number of nitrogens with one attached hydrogen (secondary N) is 1. The molecule has 1 amide bonds. The maximum absolute atomic E-state index is 12.4. The van der Waals surface area contributed by atoms with E-state index >= 15 is 0 Å². The van der Waals surface area contributed by atoms with E-state index < -0.39 is 12.0 Å². The fourth-order valence-electron chi connectivity index (χ4n) is 1.93. The van der Waals surface area contributed by atoms with Crippen molar-refractivity contribution >= 4 is 34.8 Å². The Morgan fingerprint density at radius 3 is 2.62 bits per heavy atom. The number of hydrogen-bond donors (Lipinski definition) is 2. The summed E-state index contributed by atoms with van der Waals surface area (Å²) in [4.78, 5) is 28.0. The number of esters is 1. The number of carbonyl (C=O) groups excluding carboxylic acids is 2. The SMILES string of the molecule is CC(=O)OCC(CO)NC(=O)c1sc(-c2ccc(Cl)cc2)nc1C. The van der Waals surface area contributed by atoms with Gasteiger partial charge < -0.3 is 15.2 Å². The van der Waals surface area contributed by atoms with Gasteiger partial charge in [0.2, 0.25) is 0 Å². The van der Waals surface area contributed by atoms with Crippen molar-refractivity contribution in [2.45, 2.75) is 19.9 Å². The van der Waals surface area contributed by atoms with Crippen LogP contribution in [0.1, 0.15) is 22.3 Å². The lowest BCUT2D eigenvalue weighted by molar-refractivity contribution is -0.141. The monoisotopic (exact) mass is 368 g/mol. The van der Waals surface area contributed by atoms with Gasteiger partial charge in [0, 0.05) is 17.5 Å². The summed E-state index contributed by atoms with van der Waals surface area (Å²) in [6.45, 7) is 2.59. The highest BCUT2D eigenvalue weighted by Gasteiger charge is 2.20.